The minimum absolute atomic E-state index is 0.396. The standard InChI is InChI=1S/C11H18O/c1-4-9-6-8(3)7-11(12)10(9)5-2/h8H,4-7H2,1-3H3. The van der Waals surface area contributed by atoms with Gasteiger partial charge in [0.2, 0.25) is 0 Å². The molecule has 0 bridgehead atoms. The van der Waals surface area contributed by atoms with Crippen LogP contribution in [0.15, 0.2) is 11.1 Å². The second kappa shape index (κ2) is 3.88. The van der Waals surface area contributed by atoms with Crippen molar-refractivity contribution in [1.29, 1.82) is 0 Å². The SMILES string of the molecule is CCC1=C(CC)C(=O)CC(C)C1. The van der Waals surface area contributed by atoms with Gasteiger partial charge >= 0.3 is 0 Å². The first kappa shape index (κ1) is 9.50. The second-order valence-electron chi connectivity index (χ2n) is 3.73. The molecule has 0 spiro atoms. The molecule has 1 heteroatoms. The molecule has 0 aromatic rings. The van der Waals surface area contributed by atoms with E-state index in [9.17, 15) is 4.79 Å². The van der Waals surface area contributed by atoms with E-state index < -0.39 is 0 Å². The third-order valence-corrected chi connectivity index (χ3v) is 2.67. The van der Waals surface area contributed by atoms with Crippen LogP contribution >= 0.6 is 0 Å². The molecule has 1 aliphatic rings. The lowest BCUT2D eigenvalue weighted by Gasteiger charge is -2.22. The third kappa shape index (κ3) is 1.77. The average Bonchev–Trinajstić information content (AvgIpc) is 2.03. The van der Waals surface area contributed by atoms with Crippen LogP contribution in [0.25, 0.3) is 0 Å². The van der Waals surface area contributed by atoms with Gasteiger partial charge in [0.05, 0.1) is 0 Å². The summed E-state index contributed by atoms with van der Waals surface area (Å²) >= 11 is 0. The Bertz CT molecular complexity index is 213. The molecule has 0 aromatic heterocycles. The van der Waals surface area contributed by atoms with Crippen molar-refractivity contribution < 1.29 is 4.79 Å². The highest BCUT2D eigenvalue weighted by Crippen LogP contribution is 2.29. The van der Waals surface area contributed by atoms with Crippen molar-refractivity contribution in [3.63, 3.8) is 0 Å². The Balaban J connectivity index is 2.90. The Morgan fingerprint density at radius 3 is 2.42 bits per heavy atom. The Hall–Kier alpha value is -0.590. The molecule has 12 heavy (non-hydrogen) atoms. The lowest BCUT2D eigenvalue weighted by molar-refractivity contribution is -0.117. The topological polar surface area (TPSA) is 17.1 Å². The van der Waals surface area contributed by atoms with E-state index in [-0.39, 0.29) is 0 Å². The number of hydrogen-bond acceptors (Lipinski definition) is 1. The number of carbonyl (C=O) groups excluding carboxylic acids is 1. The van der Waals surface area contributed by atoms with Crippen molar-refractivity contribution in [2.24, 2.45) is 5.92 Å². The highest BCUT2D eigenvalue weighted by Gasteiger charge is 2.22. The van der Waals surface area contributed by atoms with Gasteiger partial charge in [0.1, 0.15) is 0 Å². The van der Waals surface area contributed by atoms with Crippen molar-refractivity contribution >= 4 is 5.78 Å². The summed E-state index contributed by atoms with van der Waals surface area (Å²) < 4.78 is 0. The molecule has 0 N–H and O–H groups in total. The van der Waals surface area contributed by atoms with Crippen molar-refractivity contribution in [3.05, 3.63) is 11.1 Å². The number of rotatable bonds is 2. The Morgan fingerprint density at radius 2 is 1.92 bits per heavy atom. The van der Waals surface area contributed by atoms with E-state index in [2.05, 4.69) is 20.8 Å². The molecule has 1 atom stereocenters. The second-order valence-corrected chi connectivity index (χ2v) is 3.73. The lowest BCUT2D eigenvalue weighted by atomic mass is 9.82. The summed E-state index contributed by atoms with van der Waals surface area (Å²) in [6.07, 6.45) is 3.89. The van der Waals surface area contributed by atoms with Gasteiger partial charge in [-0.05, 0) is 30.8 Å². The van der Waals surface area contributed by atoms with Crippen molar-refractivity contribution in [1.82, 2.24) is 0 Å². The van der Waals surface area contributed by atoms with Crippen LogP contribution in [0.1, 0.15) is 46.5 Å². The molecular formula is C11H18O. The molecule has 68 valence electrons. The third-order valence-electron chi connectivity index (χ3n) is 2.67. The fraction of sp³-hybridized carbons (Fsp3) is 0.727. The maximum absolute atomic E-state index is 11.5. The summed E-state index contributed by atoms with van der Waals surface area (Å²) in [4.78, 5) is 11.5. The molecule has 0 aliphatic heterocycles. The predicted molar refractivity (Wildman–Crippen MR) is 51.0 cm³/mol. The number of ketones is 1. The number of carbonyl (C=O) groups is 1. The van der Waals surface area contributed by atoms with Crippen molar-refractivity contribution in [2.45, 2.75) is 46.5 Å². The van der Waals surface area contributed by atoms with Crippen LogP contribution < -0.4 is 0 Å². The molecule has 1 unspecified atom stereocenters. The number of allylic oxidation sites excluding steroid dienone is 2. The Kier molecular flexibility index (Phi) is 3.07. The van der Waals surface area contributed by atoms with Crippen molar-refractivity contribution in [3.8, 4) is 0 Å². The molecule has 0 saturated heterocycles. The molecule has 0 aromatic carbocycles. The molecule has 0 amide bonds. The molecule has 1 rings (SSSR count). The largest absolute Gasteiger partial charge is 0.295 e. The van der Waals surface area contributed by atoms with Crippen molar-refractivity contribution in [2.75, 3.05) is 0 Å². The highest BCUT2D eigenvalue weighted by molar-refractivity contribution is 5.97. The zero-order valence-electron chi connectivity index (χ0n) is 8.31. The van der Waals surface area contributed by atoms with Crippen LogP contribution in [0.2, 0.25) is 0 Å². The summed E-state index contributed by atoms with van der Waals surface area (Å²) in [7, 11) is 0. The van der Waals surface area contributed by atoms with E-state index in [0.29, 0.717) is 11.7 Å². The van der Waals surface area contributed by atoms with E-state index >= 15 is 0 Å². The lowest BCUT2D eigenvalue weighted by Crippen LogP contribution is -2.17. The zero-order valence-corrected chi connectivity index (χ0v) is 8.31. The van der Waals surface area contributed by atoms with Gasteiger partial charge in [-0.25, -0.2) is 0 Å². The van der Waals surface area contributed by atoms with E-state index in [1.165, 1.54) is 5.57 Å². The Labute approximate surface area is 74.9 Å². The zero-order chi connectivity index (χ0) is 9.14. The van der Waals surface area contributed by atoms with E-state index in [0.717, 1.165) is 31.3 Å². The van der Waals surface area contributed by atoms with Crippen LogP contribution in [-0.2, 0) is 4.79 Å². The first-order valence-electron chi connectivity index (χ1n) is 4.93. The van der Waals surface area contributed by atoms with Gasteiger partial charge < -0.3 is 0 Å². The Morgan fingerprint density at radius 1 is 1.25 bits per heavy atom. The monoisotopic (exact) mass is 166 g/mol. The minimum atomic E-state index is 0.396. The number of hydrogen-bond donors (Lipinski definition) is 0. The minimum Gasteiger partial charge on any atom is -0.295 e. The molecule has 0 fully saturated rings. The molecule has 1 nitrogen and oxygen atoms in total. The maximum atomic E-state index is 11.5. The quantitative estimate of drug-likeness (QED) is 0.616. The fourth-order valence-electron chi connectivity index (χ4n) is 2.06. The van der Waals surface area contributed by atoms with Crippen LogP contribution in [0.5, 0.6) is 0 Å². The van der Waals surface area contributed by atoms with E-state index in [1.807, 2.05) is 0 Å². The fourth-order valence-corrected chi connectivity index (χ4v) is 2.06. The summed E-state index contributed by atoms with van der Waals surface area (Å²) in [5.41, 5.74) is 2.52. The van der Waals surface area contributed by atoms with Gasteiger partial charge in [0.15, 0.2) is 5.78 Å². The molecule has 1 aliphatic carbocycles. The number of Topliss-reactive ketones (excluding diaryl/α,β-unsaturated/α-hetero) is 1. The van der Waals surface area contributed by atoms with Crippen LogP contribution in [0.3, 0.4) is 0 Å². The maximum Gasteiger partial charge on any atom is 0.159 e. The smallest absolute Gasteiger partial charge is 0.159 e. The normalized spacial score (nSPS) is 24.9. The first-order chi connectivity index (χ1) is 5.69. The van der Waals surface area contributed by atoms with Crippen LogP contribution in [0.4, 0.5) is 0 Å². The van der Waals surface area contributed by atoms with Gasteiger partial charge in [-0.2, -0.15) is 0 Å². The van der Waals surface area contributed by atoms with E-state index in [1.54, 1.807) is 0 Å². The van der Waals surface area contributed by atoms with Gasteiger partial charge in [-0.3, -0.25) is 4.79 Å². The van der Waals surface area contributed by atoms with Gasteiger partial charge in [0, 0.05) is 6.42 Å². The van der Waals surface area contributed by atoms with Crippen LogP contribution in [-0.4, -0.2) is 5.78 Å². The first-order valence-corrected chi connectivity index (χ1v) is 4.93. The van der Waals surface area contributed by atoms with Gasteiger partial charge in [-0.1, -0.05) is 26.3 Å². The summed E-state index contributed by atoms with van der Waals surface area (Å²) in [5.74, 6) is 0.968. The highest BCUT2D eigenvalue weighted by atomic mass is 16.1. The molecular weight excluding hydrogens is 148 g/mol. The molecule has 0 radical (unpaired) electrons. The molecule has 0 saturated carbocycles. The summed E-state index contributed by atoms with van der Waals surface area (Å²) in [6, 6.07) is 0. The average molecular weight is 166 g/mol. The summed E-state index contributed by atoms with van der Waals surface area (Å²) in [5, 5.41) is 0. The summed E-state index contributed by atoms with van der Waals surface area (Å²) in [6.45, 7) is 6.40. The van der Waals surface area contributed by atoms with E-state index in [4.69, 9.17) is 0 Å². The van der Waals surface area contributed by atoms with Gasteiger partial charge in [-0.15, -0.1) is 0 Å². The van der Waals surface area contributed by atoms with Gasteiger partial charge in [0.25, 0.3) is 0 Å². The molecule has 0 heterocycles. The van der Waals surface area contributed by atoms with Crippen LogP contribution in [0, 0.1) is 5.92 Å². The predicted octanol–water partition coefficient (Wildman–Crippen LogP) is 3.10.